The maximum Gasteiger partial charge on any atom is 0.137 e. The van der Waals surface area contributed by atoms with E-state index in [4.69, 9.17) is 28.5 Å². The molecule has 0 atom stereocenters. The Balaban J connectivity index is 1.78. The molecule has 2 aromatic carbocycles. The van der Waals surface area contributed by atoms with Gasteiger partial charge in [0.25, 0.3) is 0 Å². The molecule has 0 aliphatic heterocycles. The van der Waals surface area contributed by atoms with Crippen molar-refractivity contribution >= 4 is 39.9 Å². The van der Waals surface area contributed by atoms with Gasteiger partial charge < -0.3 is 5.32 Å². The van der Waals surface area contributed by atoms with Gasteiger partial charge in [-0.2, -0.15) is 5.26 Å². The molecular weight excluding hydrogens is 331 g/mol. The Morgan fingerprint density at radius 1 is 1.09 bits per heavy atom. The van der Waals surface area contributed by atoms with Gasteiger partial charge in [-0.25, -0.2) is 9.97 Å². The van der Waals surface area contributed by atoms with Crippen LogP contribution in [0.2, 0.25) is 10.0 Å². The quantitative estimate of drug-likeness (QED) is 0.760. The van der Waals surface area contributed by atoms with Crippen LogP contribution in [0.4, 0.5) is 5.82 Å². The molecule has 0 fully saturated rings. The van der Waals surface area contributed by atoms with Crippen molar-refractivity contribution in [2.75, 3.05) is 11.9 Å². The molecule has 1 heterocycles. The number of hydrogen-bond donors (Lipinski definition) is 1. The fourth-order valence-electron chi connectivity index (χ4n) is 2.31. The van der Waals surface area contributed by atoms with E-state index in [-0.39, 0.29) is 0 Å². The van der Waals surface area contributed by atoms with Crippen molar-refractivity contribution in [1.82, 2.24) is 9.97 Å². The zero-order chi connectivity index (χ0) is 16.2. The predicted molar refractivity (Wildman–Crippen MR) is 92.9 cm³/mol. The number of nitriles is 1. The minimum absolute atomic E-state index is 0.580. The van der Waals surface area contributed by atoms with Crippen LogP contribution in [-0.2, 0) is 6.42 Å². The first-order valence-electron chi connectivity index (χ1n) is 7.00. The molecule has 23 heavy (non-hydrogen) atoms. The fourth-order valence-corrected chi connectivity index (χ4v) is 2.81. The van der Waals surface area contributed by atoms with E-state index in [9.17, 15) is 0 Å². The van der Waals surface area contributed by atoms with Crippen LogP contribution in [0.15, 0.2) is 42.7 Å². The van der Waals surface area contributed by atoms with E-state index < -0.39 is 0 Å². The van der Waals surface area contributed by atoms with Crippen LogP contribution in [0.3, 0.4) is 0 Å². The Morgan fingerprint density at radius 2 is 1.96 bits per heavy atom. The highest BCUT2D eigenvalue weighted by Crippen LogP contribution is 2.23. The van der Waals surface area contributed by atoms with Crippen LogP contribution in [-0.4, -0.2) is 16.5 Å². The monoisotopic (exact) mass is 342 g/mol. The summed E-state index contributed by atoms with van der Waals surface area (Å²) in [6.45, 7) is 0.657. The van der Waals surface area contributed by atoms with E-state index >= 15 is 0 Å². The smallest absolute Gasteiger partial charge is 0.137 e. The molecule has 0 saturated heterocycles. The second-order valence-electron chi connectivity index (χ2n) is 4.98. The molecule has 0 unspecified atom stereocenters. The number of aromatic nitrogens is 2. The molecule has 0 bridgehead atoms. The number of rotatable bonds is 4. The number of anilines is 1. The van der Waals surface area contributed by atoms with Crippen molar-refractivity contribution in [3.8, 4) is 6.07 Å². The van der Waals surface area contributed by atoms with Gasteiger partial charge in [-0.1, -0.05) is 29.3 Å². The molecule has 4 nitrogen and oxygen atoms in total. The van der Waals surface area contributed by atoms with Crippen LogP contribution >= 0.6 is 23.2 Å². The van der Waals surface area contributed by atoms with Gasteiger partial charge in [0.05, 0.1) is 17.1 Å². The molecule has 0 amide bonds. The highest BCUT2D eigenvalue weighted by atomic mass is 35.5. The molecule has 0 radical (unpaired) electrons. The molecule has 0 saturated carbocycles. The summed E-state index contributed by atoms with van der Waals surface area (Å²) in [5.74, 6) is 0.706. The van der Waals surface area contributed by atoms with E-state index in [1.54, 1.807) is 18.2 Å². The number of hydrogen-bond acceptors (Lipinski definition) is 4. The molecule has 0 aliphatic rings. The lowest BCUT2D eigenvalue weighted by molar-refractivity contribution is 1.01. The first-order valence-corrected chi connectivity index (χ1v) is 7.75. The molecule has 0 aliphatic carbocycles. The molecule has 1 aromatic heterocycles. The first-order chi connectivity index (χ1) is 11.2. The van der Waals surface area contributed by atoms with E-state index in [1.165, 1.54) is 6.33 Å². The van der Waals surface area contributed by atoms with E-state index in [1.807, 2.05) is 18.2 Å². The van der Waals surface area contributed by atoms with Gasteiger partial charge in [-0.15, -0.1) is 0 Å². The Labute approximate surface area is 143 Å². The van der Waals surface area contributed by atoms with E-state index in [0.29, 0.717) is 28.0 Å². The Morgan fingerprint density at radius 3 is 2.74 bits per heavy atom. The topological polar surface area (TPSA) is 61.6 Å². The fraction of sp³-hybridized carbons (Fsp3) is 0.118. The van der Waals surface area contributed by atoms with Crippen molar-refractivity contribution in [2.24, 2.45) is 0 Å². The van der Waals surface area contributed by atoms with Crippen molar-refractivity contribution < 1.29 is 0 Å². The normalized spacial score (nSPS) is 10.5. The third-order valence-electron chi connectivity index (χ3n) is 3.47. The number of nitrogens with one attached hydrogen (secondary N) is 1. The van der Waals surface area contributed by atoms with Crippen LogP contribution in [0.25, 0.3) is 10.9 Å². The summed E-state index contributed by atoms with van der Waals surface area (Å²) >= 11 is 12.1. The number of benzene rings is 2. The highest BCUT2D eigenvalue weighted by Gasteiger charge is 2.06. The Hall–Kier alpha value is -2.35. The lowest BCUT2D eigenvalue weighted by atomic mass is 10.1. The molecule has 6 heteroatoms. The van der Waals surface area contributed by atoms with Gasteiger partial charge in [0.2, 0.25) is 0 Å². The first kappa shape index (κ1) is 15.5. The van der Waals surface area contributed by atoms with Crippen molar-refractivity contribution in [3.63, 3.8) is 0 Å². The SMILES string of the molecule is N#Cc1ccc2ncnc(NCCc3ccc(Cl)cc3Cl)c2c1. The Kier molecular flexibility index (Phi) is 4.61. The maximum absolute atomic E-state index is 9.03. The minimum atomic E-state index is 0.580. The largest absolute Gasteiger partial charge is 0.369 e. The summed E-state index contributed by atoms with van der Waals surface area (Å²) < 4.78 is 0. The third-order valence-corrected chi connectivity index (χ3v) is 4.05. The maximum atomic E-state index is 9.03. The summed E-state index contributed by atoms with van der Waals surface area (Å²) in [5.41, 5.74) is 2.39. The van der Waals surface area contributed by atoms with Gasteiger partial charge in [0, 0.05) is 22.0 Å². The zero-order valence-electron chi connectivity index (χ0n) is 12.1. The second-order valence-corrected chi connectivity index (χ2v) is 5.82. The predicted octanol–water partition coefficient (Wildman–Crippen LogP) is 4.46. The zero-order valence-corrected chi connectivity index (χ0v) is 13.6. The molecule has 3 aromatic rings. The van der Waals surface area contributed by atoms with Gasteiger partial charge in [0.1, 0.15) is 12.1 Å². The van der Waals surface area contributed by atoms with E-state index in [2.05, 4.69) is 21.4 Å². The van der Waals surface area contributed by atoms with Crippen LogP contribution in [0.5, 0.6) is 0 Å². The average Bonchev–Trinajstić information content (AvgIpc) is 2.56. The van der Waals surface area contributed by atoms with Crippen molar-refractivity contribution in [2.45, 2.75) is 6.42 Å². The van der Waals surface area contributed by atoms with Gasteiger partial charge in [-0.3, -0.25) is 0 Å². The van der Waals surface area contributed by atoms with Crippen LogP contribution in [0.1, 0.15) is 11.1 Å². The highest BCUT2D eigenvalue weighted by molar-refractivity contribution is 6.35. The van der Waals surface area contributed by atoms with Crippen LogP contribution in [0, 0.1) is 11.3 Å². The molecule has 0 spiro atoms. The summed E-state index contributed by atoms with van der Waals surface area (Å²) in [6, 6.07) is 12.9. The number of halogens is 2. The van der Waals surface area contributed by atoms with Crippen molar-refractivity contribution in [1.29, 1.82) is 5.26 Å². The number of fused-ring (bicyclic) bond motifs is 1. The van der Waals surface area contributed by atoms with Crippen LogP contribution < -0.4 is 5.32 Å². The molecule has 3 rings (SSSR count). The molecule has 114 valence electrons. The average molecular weight is 343 g/mol. The van der Waals surface area contributed by atoms with E-state index in [0.717, 1.165) is 22.9 Å². The molecule has 1 N–H and O–H groups in total. The summed E-state index contributed by atoms with van der Waals surface area (Å²) in [5, 5.41) is 14.4. The lowest BCUT2D eigenvalue weighted by Gasteiger charge is -2.09. The molecular formula is C17H12Cl2N4. The Bertz CT molecular complexity index is 903. The van der Waals surface area contributed by atoms with Gasteiger partial charge >= 0.3 is 0 Å². The summed E-state index contributed by atoms with van der Waals surface area (Å²) in [6.07, 6.45) is 2.24. The van der Waals surface area contributed by atoms with Gasteiger partial charge in [-0.05, 0) is 42.3 Å². The van der Waals surface area contributed by atoms with Crippen molar-refractivity contribution in [3.05, 3.63) is 63.9 Å². The lowest BCUT2D eigenvalue weighted by Crippen LogP contribution is -2.07. The van der Waals surface area contributed by atoms with Gasteiger partial charge in [0.15, 0.2) is 0 Å². The summed E-state index contributed by atoms with van der Waals surface area (Å²) in [4.78, 5) is 8.48. The number of nitrogens with zero attached hydrogens (tertiary/aromatic N) is 3. The summed E-state index contributed by atoms with van der Waals surface area (Å²) in [7, 11) is 0. The second kappa shape index (κ2) is 6.82. The third kappa shape index (κ3) is 3.53. The minimum Gasteiger partial charge on any atom is -0.369 e. The standard InChI is InChI=1S/C17H12Cl2N4/c18-13-3-2-12(15(19)8-13)5-6-21-17-14-7-11(9-20)1-4-16(14)22-10-23-17/h1-4,7-8,10H,5-6H2,(H,21,22,23).